The van der Waals surface area contributed by atoms with Crippen LogP contribution in [0.1, 0.15) is 24.2 Å². The summed E-state index contributed by atoms with van der Waals surface area (Å²) in [5, 5.41) is 5.95. The zero-order valence-electron chi connectivity index (χ0n) is 17.2. The summed E-state index contributed by atoms with van der Waals surface area (Å²) in [4.78, 5) is 20.3. The second kappa shape index (κ2) is 8.97. The molecule has 6 nitrogen and oxygen atoms in total. The van der Waals surface area contributed by atoms with Crippen LogP contribution in [-0.2, 0) is 0 Å². The standard InChI is InChI=1S/C24H22N4O2S/c1-15(2)30-19-13-9-17(10-14-19)23(29)28-24(31)25-18-11-7-16(8-12-18)22-26-20-5-3-4-6-21(20)27-22/h3-15H,1-2H3,(H,26,27)(H2,25,28,29,31). The van der Waals surface area contributed by atoms with Crippen LogP contribution in [0.3, 0.4) is 0 Å². The second-order valence-corrected chi connectivity index (χ2v) is 7.69. The lowest BCUT2D eigenvalue weighted by atomic mass is 10.2. The van der Waals surface area contributed by atoms with Gasteiger partial charge in [-0.25, -0.2) is 4.98 Å². The van der Waals surface area contributed by atoms with Crippen molar-refractivity contribution in [2.75, 3.05) is 5.32 Å². The third-order valence-corrected chi connectivity index (χ3v) is 4.73. The highest BCUT2D eigenvalue weighted by Gasteiger charge is 2.09. The van der Waals surface area contributed by atoms with Gasteiger partial charge in [-0.15, -0.1) is 0 Å². The number of para-hydroxylation sites is 2. The van der Waals surface area contributed by atoms with E-state index in [0.717, 1.165) is 33.9 Å². The number of benzene rings is 3. The Balaban J connectivity index is 1.36. The van der Waals surface area contributed by atoms with Crippen molar-refractivity contribution in [3.05, 3.63) is 78.4 Å². The summed E-state index contributed by atoms with van der Waals surface area (Å²) < 4.78 is 5.59. The average Bonchev–Trinajstić information content (AvgIpc) is 3.18. The highest BCUT2D eigenvalue weighted by molar-refractivity contribution is 7.80. The molecule has 0 fully saturated rings. The van der Waals surface area contributed by atoms with E-state index in [4.69, 9.17) is 17.0 Å². The van der Waals surface area contributed by atoms with Gasteiger partial charge in [-0.3, -0.25) is 10.1 Å². The number of hydrogen-bond acceptors (Lipinski definition) is 4. The first-order valence-corrected chi connectivity index (χ1v) is 10.3. The number of thiocarbonyl (C=S) groups is 1. The van der Waals surface area contributed by atoms with E-state index >= 15 is 0 Å². The highest BCUT2D eigenvalue weighted by atomic mass is 32.1. The van der Waals surface area contributed by atoms with Gasteiger partial charge < -0.3 is 15.0 Å². The lowest BCUT2D eigenvalue weighted by Crippen LogP contribution is -2.34. The van der Waals surface area contributed by atoms with Crippen LogP contribution in [-0.4, -0.2) is 27.1 Å². The second-order valence-electron chi connectivity index (χ2n) is 7.28. The molecule has 0 spiro atoms. The smallest absolute Gasteiger partial charge is 0.257 e. The summed E-state index contributed by atoms with van der Waals surface area (Å²) in [7, 11) is 0. The molecule has 0 radical (unpaired) electrons. The first-order valence-electron chi connectivity index (χ1n) is 9.92. The number of nitrogens with zero attached hydrogens (tertiary/aromatic N) is 1. The van der Waals surface area contributed by atoms with Gasteiger partial charge in [0.15, 0.2) is 5.11 Å². The molecule has 0 saturated carbocycles. The Bertz CT molecular complexity index is 1180. The molecule has 0 unspecified atom stereocenters. The maximum absolute atomic E-state index is 12.4. The number of anilines is 1. The van der Waals surface area contributed by atoms with Crippen molar-refractivity contribution in [3.63, 3.8) is 0 Å². The number of carbonyl (C=O) groups is 1. The number of carbonyl (C=O) groups excluding carboxylic acids is 1. The molecule has 1 amide bonds. The molecule has 0 aliphatic carbocycles. The van der Waals surface area contributed by atoms with Gasteiger partial charge in [-0.1, -0.05) is 12.1 Å². The van der Waals surface area contributed by atoms with Gasteiger partial charge in [-0.2, -0.15) is 0 Å². The van der Waals surface area contributed by atoms with Crippen molar-refractivity contribution in [1.29, 1.82) is 0 Å². The number of hydrogen-bond donors (Lipinski definition) is 3. The van der Waals surface area contributed by atoms with Crippen LogP contribution in [0, 0.1) is 0 Å². The number of nitrogens with one attached hydrogen (secondary N) is 3. The molecule has 7 heteroatoms. The molecule has 0 bridgehead atoms. The molecule has 4 rings (SSSR count). The number of rotatable bonds is 5. The van der Waals surface area contributed by atoms with Crippen LogP contribution in [0.2, 0.25) is 0 Å². The number of amides is 1. The minimum atomic E-state index is -0.285. The van der Waals surface area contributed by atoms with Crippen LogP contribution in [0.25, 0.3) is 22.4 Å². The van der Waals surface area contributed by atoms with Gasteiger partial charge >= 0.3 is 0 Å². The van der Waals surface area contributed by atoms with Crippen molar-refractivity contribution in [2.45, 2.75) is 20.0 Å². The van der Waals surface area contributed by atoms with Crippen molar-refractivity contribution < 1.29 is 9.53 Å². The Kier molecular flexibility index (Phi) is 5.95. The van der Waals surface area contributed by atoms with Crippen molar-refractivity contribution in [1.82, 2.24) is 15.3 Å². The van der Waals surface area contributed by atoms with E-state index in [0.29, 0.717) is 5.56 Å². The monoisotopic (exact) mass is 430 g/mol. The fourth-order valence-electron chi connectivity index (χ4n) is 3.10. The van der Waals surface area contributed by atoms with Crippen molar-refractivity contribution in [3.8, 4) is 17.1 Å². The molecule has 0 atom stereocenters. The van der Waals surface area contributed by atoms with Crippen LogP contribution in [0.4, 0.5) is 5.69 Å². The number of fused-ring (bicyclic) bond motifs is 1. The SMILES string of the molecule is CC(C)Oc1ccc(C(=O)NC(=S)Nc2ccc(-c3nc4ccccc4[nH]3)cc2)cc1. The van der Waals surface area contributed by atoms with Gasteiger partial charge in [0.25, 0.3) is 5.91 Å². The van der Waals surface area contributed by atoms with Gasteiger partial charge in [-0.05, 0) is 86.7 Å². The molecule has 3 N–H and O–H groups in total. The molecule has 0 saturated heterocycles. The number of imidazole rings is 1. The van der Waals surface area contributed by atoms with Gasteiger partial charge in [0.1, 0.15) is 11.6 Å². The molecule has 0 aliphatic heterocycles. The van der Waals surface area contributed by atoms with E-state index in [1.165, 1.54) is 0 Å². The third-order valence-electron chi connectivity index (χ3n) is 4.52. The first kappa shape index (κ1) is 20.6. The normalized spacial score (nSPS) is 10.8. The Labute approximate surface area is 185 Å². The summed E-state index contributed by atoms with van der Waals surface area (Å²) in [6.07, 6.45) is 0.0784. The van der Waals surface area contributed by atoms with Crippen molar-refractivity contribution in [2.24, 2.45) is 0 Å². The molecule has 31 heavy (non-hydrogen) atoms. The summed E-state index contributed by atoms with van der Waals surface area (Å²) >= 11 is 5.28. The molecular formula is C24H22N4O2S. The minimum absolute atomic E-state index is 0.0784. The lowest BCUT2D eigenvalue weighted by molar-refractivity contribution is 0.0977. The Morgan fingerprint density at radius 1 is 1.00 bits per heavy atom. The van der Waals surface area contributed by atoms with Crippen LogP contribution < -0.4 is 15.4 Å². The maximum atomic E-state index is 12.4. The van der Waals surface area contributed by atoms with E-state index in [9.17, 15) is 4.79 Å². The predicted molar refractivity (Wildman–Crippen MR) is 127 cm³/mol. The maximum Gasteiger partial charge on any atom is 0.257 e. The number of H-pyrrole nitrogens is 1. The van der Waals surface area contributed by atoms with Gasteiger partial charge in [0.2, 0.25) is 0 Å². The zero-order chi connectivity index (χ0) is 21.8. The molecule has 156 valence electrons. The average molecular weight is 431 g/mol. The lowest BCUT2D eigenvalue weighted by Gasteiger charge is -2.11. The fourth-order valence-corrected chi connectivity index (χ4v) is 3.31. The molecule has 1 aromatic heterocycles. The third kappa shape index (κ3) is 5.07. The topological polar surface area (TPSA) is 79.0 Å². The molecule has 4 aromatic rings. The minimum Gasteiger partial charge on any atom is -0.491 e. The number of aromatic nitrogens is 2. The van der Waals surface area contributed by atoms with E-state index in [1.54, 1.807) is 24.3 Å². The predicted octanol–water partition coefficient (Wildman–Crippen LogP) is 5.14. The Morgan fingerprint density at radius 2 is 1.71 bits per heavy atom. The Hall–Kier alpha value is -3.71. The Morgan fingerprint density at radius 3 is 2.39 bits per heavy atom. The summed E-state index contributed by atoms with van der Waals surface area (Å²) in [6.45, 7) is 3.90. The van der Waals surface area contributed by atoms with Crippen LogP contribution in [0.5, 0.6) is 5.75 Å². The summed E-state index contributed by atoms with van der Waals surface area (Å²) in [5.74, 6) is 1.23. The van der Waals surface area contributed by atoms with E-state index in [-0.39, 0.29) is 17.1 Å². The number of aromatic amines is 1. The zero-order valence-corrected chi connectivity index (χ0v) is 18.0. The number of ether oxygens (including phenoxy) is 1. The summed E-state index contributed by atoms with van der Waals surface area (Å²) in [5.41, 5.74) is 4.14. The van der Waals surface area contributed by atoms with Gasteiger partial charge in [0, 0.05) is 16.8 Å². The quantitative estimate of drug-likeness (QED) is 0.382. The fraction of sp³-hybridized carbons (Fsp3) is 0.125. The van der Waals surface area contributed by atoms with E-state index < -0.39 is 0 Å². The summed E-state index contributed by atoms with van der Waals surface area (Å²) in [6, 6.07) is 22.5. The van der Waals surface area contributed by atoms with Crippen LogP contribution in [0.15, 0.2) is 72.8 Å². The molecule has 3 aromatic carbocycles. The van der Waals surface area contributed by atoms with Crippen LogP contribution >= 0.6 is 12.2 Å². The first-order chi connectivity index (χ1) is 15.0. The molecule has 0 aliphatic rings. The molecular weight excluding hydrogens is 408 g/mol. The van der Waals surface area contributed by atoms with Crippen molar-refractivity contribution >= 4 is 40.0 Å². The highest BCUT2D eigenvalue weighted by Crippen LogP contribution is 2.22. The van der Waals surface area contributed by atoms with Gasteiger partial charge in [0.05, 0.1) is 17.1 Å². The largest absolute Gasteiger partial charge is 0.491 e. The van der Waals surface area contributed by atoms with E-state index in [2.05, 4.69) is 20.6 Å². The molecule has 1 heterocycles. The van der Waals surface area contributed by atoms with E-state index in [1.807, 2.05) is 62.4 Å².